The molecular formula is C22H18BrClN4O5. The van der Waals surface area contributed by atoms with Crippen LogP contribution in [-0.4, -0.2) is 30.5 Å². The van der Waals surface area contributed by atoms with E-state index in [1.165, 1.54) is 18.5 Å². The van der Waals surface area contributed by atoms with Crippen molar-refractivity contribution in [3.63, 3.8) is 0 Å². The normalized spacial score (nSPS) is 10.6. The third kappa shape index (κ3) is 7.78. The Labute approximate surface area is 202 Å². The summed E-state index contributed by atoms with van der Waals surface area (Å²) >= 11 is 9.19. The van der Waals surface area contributed by atoms with Gasteiger partial charge < -0.3 is 19.8 Å². The second-order valence-corrected chi connectivity index (χ2v) is 7.84. The third-order valence-corrected chi connectivity index (χ3v) is 4.76. The largest absolute Gasteiger partial charge is 0.483 e. The second-order valence-electron chi connectivity index (χ2n) is 6.49. The molecule has 0 bridgehead atoms. The summed E-state index contributed by atoms with van der Waals surface area (Å²) in [5.41, 5.74) is 2.98. The van der Waals surface area contributed by atoms with Crippen LogP contribution in [0.2, 0.25) is 5.02 Å². The van der Waals surface area contributed by atoms with Crippen LogP contribution < -0.4 is 20.8 Å². The third-order valence-electron chi connectivity index (χ3n) is 4.03. The molecule has 170 valence electrons. The van der Waals surface area contributed by atoms with Gasteiger partial charge in [0.15, 0.2) is 6.61 Å². The zero-order valence-electron chi connectivity index (χ0n) is 17.0. The first kappa shape index (κ1) is 24.0. The molecule has 3 N–H and O–H groups in total. The van der Waals surface area contributed by atoms with E-state index in [-0.39, 0.29) is 19.1 Å². The zero-order chi connectivity index (χ0) is 23.6. The molecule has 0 atom stereocenters. The number of hydrogen-bond acceptors (Lipinski definition) is 6. The number of nitrogens with zero attached hydrogens (tertiary/aromatic N) is 1. The molecular weight excluding hydrogens is 516 g/mol. The number of carbonyl (C=O) groups excluding carboxylic acids is 3. The molecule has 0 aliphatic rings. The van der Waals surface area contributed by atoms with E-state index in [1.807, 2.05) is 0 Å². The number of halogens is 2. The molecule has 0 aliphatic carbocycles. The first-order valence-corrected chi connectivity index (χ1v) is 10.7. The molecule has 33 heavy (non-hydrogen) atoms. The summed E-state index contributed by atoms with van der Waals surface area (Å²) < 4.78 is 11.4. The van der Waals surface area contributed by atoms with Gasteiger partial charge in [-0.2, -0.15) is 5.10 Å². The lowest BCUT2D eigenvalue weighted by Gasteiger charge is -2.10. The van der Waals surface area contributed by atoms with Crippen LogP contribution in [0, 0.1) is 0 Å². The van der Waals surface area contributed by atoms with Gasteiger partial charge in [-0.1, -0.05) is 33.6 Å². The van der Waals surface area contributed by atoms with Gasteiger partial charge in [-0.15, -0.1) is 0 Å². The molecule has 3 amide bonds. The summed E-state index contributed by atoms with van der Waals surface area (Å²) in [6.45, 7) is 0.00467. The average molecular weight is 534 g/mol. The van der Waals surface area contributed by atoms with Crippen molar-refractivity contribution < 1.29 is 23.5 Å². The van der Waals surface area contributed by atoms with Crippen molar-refractivity contribution in [2.45, 2.75) is 6.54 Å². The SMILES string of the molecule is O=C(COc1ccc(Br)cc1/C=N\NC(=O)C(=O)Nc1cccc(Cl)c1)NCc1ccco1. The fourth-order valence-corrected chi connectivity index (χ4v) is 3.08. The van der Waals surface area contributed by atoms with E-state index in [4.69, 9.17) is 20.8 Å². The van der Waals surface area contributed by atoms with E-state index in [9.17, 15) is 14.4 Å². The minimum atomic E-state index is -0.971. The fraction of sp³-hybridized carbons (Fsp3) is 0.0909. The van der Waals surface area contributed by atoms with Crippen LogP contribution in [0.3, 0.4) is 0 Å². The maximum absolute atomic E-state index is 12.0. The summed E-state index contributed by atoms with van der Waals surface area (Å²) in [6, 6.07) is 14.9. The highest BCUT2D eigenvalue weighted by Crippen LogP contribution is 2.22. The van der Waals surface area contributed by atoms with E-state index in [0.29, 0.717) is 27.8 Å². The Morgan fingerprint density at radius 2 is 1.94 bits per heavy atom. The van der Waals surface area contributed by atoms with Gasteiger partial charge in [-0.3, -0.25) is 14.4 Å². The van der Waals surface area contributed by atoms with Gasteiger partial charge in [0.1, 0.15) is 11.5 Å². The molecule has 1 aromatic heterocycles. The van der Waals surface area contributed by atoms with Crippen molar-refractivity contribution in [2.24, 2.45) is 5.10 Å². The van der Waals surface area contributed by atoms with Crippen molar-refractivity contribution >= 4 is 57.2 Å². The van der Waals surface area contributed by atoms with Gasteiger partial charge in [0.2, 0.25) is 0 Å². The van der Waals surface area contributed by atoms with Crippen LogP contribution in [0.25, 0.3) is 0 Å². The number of anilines is 1. The first-order chi connectivity index (χ1) is 15.9. The van der Waals surface area contributed by atoms with E-state index in [1.54, 1.807) is 48.5 Å². The Morgan fingerprint density at radius 1 is 1.09 bits per heavy atom. The van der Waals surface area contributed by atoms with E-state index in [2.05, 4.69) is 37.1 Å². The van der Waals surface area contributed by atoms with E-state index < -0.39 is 11.8 Å². The number of rotatable bonds is 8. The Morgan fingerprint density at radius 3 is 2.70 bits per heavy atom. The summed E-state index contributed by atoms with van der Waals surface area (Å²) in [4.78, 5) is 36.0. The molecule has 0 fully saturated rings. The first-order valence-electron chi connectivity index (χ1n) is 9.52. The lowest BCUT2D eigenvalue weighted by molar-refractivity contribution is -0.136. The minimum Gasteiger partial charge on any atom is -0.483 e. The molecule has 0 aliphatic heterocycles. The number of ether oxygens (including phenoxy) is 1. The number of amides is 3. The maximum atomic E-state index is 12.0. The van der Waals surface area contributed by atoms with Crippen LogP contribution in [-0.2, 0) is 20.9 Å². The lowest BCUT2D eigenvalue weighted by atomic mass is 10.2. The quantitative estimate of drug-likeness (QED) is 0.232. The summed E-state index contributed by atoms with van der Waals surface area (Å²) in [7, 11) is 0. The predicted octanol–water partition coefficient (Wildman–Crippen LogP) is 3.48. The summed E-state index contributed by atoms with van der Waals surface area (Å²) in [5, 5.41) is 9.30. The molecule has 11 heteroatoms. The van der Waals surface area contributed by atoms with Gasteiger partial charge in [0.25, 0.3) is 5.91 Å². The molecule has 0 spiro atoms. The van der Waals surface area contributed by atoms with Crippen molar-refractivity contribution in [3.05, 3.63) is 81.7 Å². The molecule has 1 heterocycles. The van der Waals surface area contributed by atoms with Crippen molar-refractivity contribution in [2.75, 3.05) is 11.9 Å². The Hall–Kier alpha value is -3.63. The number of carbonyl (C=O) groups is 3. The van der Waals surface area contributed by atoms with Gasteiger partial charge in [0.05, 0.1) is 19.0 Å². The van der Waals surface area contributed by atoms with Crippen molar-refractivity contribution in [3.8, 4) is 5.75 Å². The maximum Gasteiger partial charge on any atom is 0.329 e. The van der Waals surface area contributed by atoms with Gasteiger partial charge in [0, 0.05) is 20.7 Å². The van der Waals surface area contributed by atoms with Gasteiger partial charge in [-0.05, 0) is 48.5 Å². The predicted molar refractivity (Wildman–Crippen MR) is 126 cm³/mol. The smallest absolute Gasteiger partial charge is 0.329 e. The molecule has 9 nitrogen and oxygen atoms in total. The molecule has 3 aromatic rings. The monoisotopic (exact) mass is 532 g/mol. The highest BCUT2D eigenvalue weighted by Gasteiger charge is 2.13. The van der Waals surface area contributed by atoms with Crippen molar-refractivity contribution in [1.82, 2.24) is 10.7 Å². The van der Waals surface area contributed by atoms with Crippen LogP contribution in [0.15, 0.2) is 74.9 Å². The topological polar surface area (TPSA) is 122 Å². The Balaban J connectivity index is 1.54. The number of hydrogen-bond donors (Lipinski definition) is 3. The van der Waals surface area contributed by atoms with Crippen molar-refractivity contribution in [1.29, 1.82) is 0 Å². The molecule has 0 unspecified atom stereocenters. The van der Waals surface area contributed by atoms with E-state index >= 15 is 0 Å². The molecule has 2 aromatic carbocycles. The van der Waals surface area contributed by atoms with Crippen LogP contribution in [0.4, 0.5) is 5.69 Å². The number of hydrazone groups is 1. The minimum absolute atomic E-state index is 0.239. The highest BCUT2D eigenvalue weighted by molar-refractivity contribution is 9.10. The van der Waals surface area contributed by atoms with Crippen LogP contribution in [0.1, 0.15) is 11.3 Å². The molecule has 0 saturated carbocycles. The molecule has 3 rings (SSSR count). The Bertz CT molecular complexity index is 1170. The molecule has 0 radical (unpaired) electrons. The van der Waals surface area contributed by atoms with Gasteiger partial charge in [-0.25, -0.2) is 5.43 Å². The van der Waals surface area contributed by atoms with Crippen LogP contribution in [0.5, 0.6) is 5.75 Å². The standard InChI is InChI=1S/C22H18BrClN4O5/c23-15-6-7-19(33-13-20(29)25-12-18-5-2-8-32-18)14(9-15)11-26-28-22(31)21(30)27-17-4-1-3-16(24)10-17/h1-11H,12-13H2,(H,25,29)(H,27,30)(H,28,31)/b26-11-. The molecule has 0 saturated heterocycles. The number of furan rings is 1. The van der Waals surface area contributed by atoms with Gasteiger partial charge >= 0.3 is 11.8 Å². The number of nitrogens with one attached hydrogen (secondary N) is 3. The zero-order valence-corrected chi connectivity index (χ0v) is 19.4. The second kappa shape index (κ2) is 11.8. The number of benzene rings is 2. The fourth-order valence-electron chi connectivity index (χ4n) is 2.51. The highest BCUT2D eigenvalue weighted by atomic mass is 79.9. The lowest BCUT2D eigenvalue weighted by Crippen LogP contribution is -2.32. The van der Waals surface area contributed by atoms with Crippen LogP contribution >= 0.6 is 27.5 Å². The summed E-state index contributed by atoms with van der Waals surface area (Å²) in [5.74, 6) is -1.25. The Kier molecular flexibility index (Phi) is 8.62. The summed E-state index contributed by atoms with van der Waals surface area (Å²) in [6.07, 6.45) is 2.82. The average Bonchev–Trinajstić information content (AvgIpc) is 3.31. The van der Waals surface area contributed by atoms with E-state index in [0.717, 1.165) is 4.47 Å².